The largest absolute Gasteiger partial charge is 0.329 e. The van der Waals surface area contributed by atoms with Crippen molar-refractivity contribution < 1.29 is 4.79 Å². The molecule has 1 fully saturated rings. The maximum atomic E-state index is 10.2. The number of anilines is 1. The van der Waals surface area contributed by atoms with E-state index in [9.17, 15) is 4.79 Å². The number of carbonyl (C=O) groups excluding carboxylic acids is 1. The molecular formula is C12H15NOS. The summed E-state index contributed by atoms with van der Waals surface area (Å²) in [6.07, 6.45) is 6.15. The molecule has 0 atom stereocenters. The Hall–Kier alpha value is -0.960. The SMILES string of the molecule is O=CNc1ccc(SC2CCCC2)cc1. The molecule has 1 amide bonds. The fourth-order valence-corrected chi connectivity index (χ4v) is 3.14. The summed E-state index contributed by atoms with van der Waals surface area (Å²) in [7, 11) is 0. The van der Waals surface area contributed by atoms with Crippen LogP contribution in [0.5, 0.6) is 0 Å². The molecule has 0 unspecified atom stereocenters. The molecule has 15 heavy (non-hydrogen) atoms. The molecule has 2 rings (SSSR count). The second-order valence-corrected chi connectivity index (χ2v) is 5.18. The van der Waals surface area contributed by atoms with Crippen LogP contribution >= 0.6 is 11.8 Å². The van der Waals surface area contributed by atoms with Crippen molar-refractivity contribution in [3.8, 4) is 0 Å². The summed E-state index contributed by atoms with van der Waals surface area (Å²) in [4.78, 5) is 11.5. The van der Waals surface area contributed by atoms with E-state index >= 15 is 0 Å². The van der Waals surface area contributed by atoms with Crippen molar-refractivity contribution in [3.05, 3.63) is 24.3 Å². The molecule has 0 saturated heterocycles. The zero-order valence-corrected chi connectivity index (χ0v) is 9.43. The van der Waals surface area contributed by atoms with E-state index in [4.69, 9.17) is 0 Å². The van der Waals surface area contributed by atoms with Crippen LogP contribution in [0.3, 0.4) is 0 Å². The highest BCUT2D eigenvalue weighted by atomic mass is 32.2. The maximum absolute atomic E-state index is 10.2. The van der Waals surface area contributed by atoms with E-state index in [1.54, 1.807) is 0 Å². The Morgan fingerprint density at radius 3 is 2.47 bits per heavy atom. The summed E-state index contributed by atoms with van der Waals surface area (Å²) >= 11 is 1.96. The predicted octanol–water partition coefficient (Wildman–Crippen LogP) is 3.29. The molecule has 1 saturated carbocycles. The lowest BCUT2D eigenvalue weighted by Gasteiger charge is -2.08. The van der Waals surface area contributed by atoms with Crippen LogP contribution in [0.2, 0.25) is 0 Å². The number of amides is 1. The first kappa shape index (κ1) is 10.6. The molecule has 0 radical (unpaired) electrons. The minimum Gasteiger partial charge on any atom is -0.329 e. The molecule has 0 aliphatic heterocycles. The summed E-state index contributed by atoms with van der Waals surface area (Å²) in [5.74, 6) is 0. The number of hydrogen-bond donors (Lipinski definition) is 1. The predicted molar refractivity (Wildman–Crippen MR) is 64.2 cm³/mol. The van der Waals surface area contributed by atoms with Gasteiger partial charge in [-0.15, -0.1) is 11.8 Å². The van der Waals surface area contributed by atoms with Crippen LogP contribution in [0.4, 0.5) is 5.69 Å². The Morgan fingerprint density at radius 1 is 1.20 bits per heavy atom. The van der Waals surface area contributed by atoms with Crippen molar-refractivity contribution in [2.45, 2.75) is 35.8 Å². The molecule has 1 aromatic rings. The highest BCUT2D eigenvalue weighted by Gasteiger charge is 2.15. The Kier molecular flexibility index (Phi) is 3.67. The van der Waals surface area contributed by atoms with Crippen LogP contribution in [-0.4, -0.2) is 11.7 Å². The fourth-order valence-electron chi connectivity index (χ4n) is 1.90. The minimum absolute atomic E-state index is 0.707. The molecule has 0 bridgehead atoms. The smallest absolute Gasteiger partial charge is 0.211 e. The topological polar surface area (TPSA) is 29.1 Å². The molecule has 3 heteroatoms. The first-order chi connectivity index (χ1) is 7.38. The summed E-state index contributed by atoms with van der Waals surface area (Å²) in [6.45, 7) is 0. The number of hydrogen-bond acceptors (Lipinski definition) is 2. The highest BCUT2D eigenvalue weighted by Crippen LogP contribution is 2.34. The van der Waals surface area contributed by atoms with Gasteiger partial charge in [0.25, 0.3) is 0 Å². The molecule has 0 aromatic heterocycles. The molecule has 1 N–H and O–H groups in total. The van der Waals surface area contributed by atoms with Gasteiger partial charge in [-0.05, 0) is 37.1 Å². The van der Waals surface area contributed by atoms with E-state index < -0.39 is 0 Å². The maximum Gasteiger partial charge on any atom is 0.211 e. The van der Waals surface area contributed by atoms with Crippen molar-refractivity contribution in [1.82, 2.24) is 0 Å². The number of benzene rings is 1. The quantitative estimate of drug-likeness (QED) is 0.790. The fraction of sp³-hybridized carbons (Fsp3) is 0.417. The average molecular weight is 221 g/mol. The molecule has 0 spiro atoms. The Morgan fingerprint density at radius 2 is 1.87 bits per heavy atom. The van der Waals surface area contributed by atoms with Gasteiger partial charge in [-0.25, -0.2) is 0 Å². The Balaban J connectivity index is 1.93. The van der Waals surface area contributed by atoms with Gasteiger partial charge in [-0.1, -0.05) is 12.8 Å². The van der Waals surface area contributed by atoms with E-state index in [-0.39, 0.29) is 0 Å². The van der Waals surface area contributed by atoms with Crippen molar-refractivity contribution >= 4 is 23.9 Å². The van der Waals surface area contributed by atoms with Gasteiger partial charge in [-0.3, -0.25) is 4.79 Å². The van der Waals surface area contributed by atoms with E-state index in [0.717, 1.165) is 10.9 Å². The third kappa shape index (κ3) is 2.99. The highest BCUT2D eigenvalue weighted by molar-refractivity contribution is 8.00. The molecule has 1 aromatic carbocycles. The molecule has 2 nitrogen and oxygen atoms in total. The second-order valence-electron chi connectivity index (χ2n) is 3.81. The summed E-state index contributed by atoms with van der Waals surface area (Å²) in [6, 6.07) is 8.06. The van der Waals surface area contributed by atoms with E-state index in [0.29, 0.717) is 6.41 Å². The van der Waals surface area contributed by atoms with Gasteiger partial charge in [0.05, 0.1) is 0 Å². The van der Waals surface area contributed by atoms with Gasteiger partial charge in [0.1, 0.15) is 0 Å². The standard InChI is InChI=1S/C12H15NOS/c14-9-13-10-5-7-12(8-6-10)15-11-3-1-2-4-11/h5-9,11H,1-4H2,(H,13,14). The molecule has 1 aliphatic rings. The first-order valence-electron chi connectivity index (χ1n) is 5.35. The van der Waals surface area contributed by atoms with Crippen LogP contribution in [0.25, 0.3) is 0 Å². The third-order valence-corrected chi connectivity index (χ3v) is 4.03. The molecular weight excluding hydrogens is 206 g/mol. The van der Waals surface area contributed by atoms with Gasteiger partial charge in [-0.2, -0.15) is 0 Å². The van der Waals surface area contributed by atoms with E-state index in [2.05, 4.69) is 17.4 Å². The number of thioether (sulfide) groups is 1. The van der Waals surface area contributed by atoms with E-state index in [1.807, 2.05) is 23.9 Å². The van der Waals surface area contributed by atoms with Gasteiger partial charge >= 0.3 is 0 Å². The molecule has 1 aliphatic carbocycles. The monoisotopic (exact) mass is 221 g/mol. The summed E-state index contributed by atoms with van der Waals surface area (Å²) < 4.78 is 0. The van der Waals surface area contributed by atoms with Gasteiger partial charge in [0.15, 0.2) is 0 Å². The normalized spacial score (nSPS) is 16.5. The Labute approximate surface area is 94.4 Å². The minimum atomic E-state index is 0.707. The van der Waals surface area contributed by atoms with Crippen molar-refractivity contribution in [2.75, 3.05) is 5.32 Å². The third-order valence-electron chi connectivity index (χ3n) is 2.68. The van der Waals surface area contributed by atoms with Crippen LogP contribution in [0, 0.1) is 0 Å². The Bertz CT molecular complexity index is 317. The van der Waals surface area contributed by atoms with Gasteiger partial charge < -0.3 is 5.32 Å². The number of rotatable bonds is 4. The van der Waals surface area contributed by atoms with E-state index in [1.165, 1.54) is 30.6 Å². The second kappa shape index (κ2) is 5.21. The number of carbonyl (C=O) groups is 1. The van der Waals surface area contributed by atoms with Gasteiger partial charge in [0, 0.05) is 15.8 Å². The lowest BCUT2D eigenvalue weighted by molar-refractivity contribution is -0.105. The summed E-state index contributed by atoms with van der Waals surface area (Å²) in [5.41, 5.74) is 0.862. The van der Waals surface area contributed by atoms with Crippen molar-refractivity contribution in [2.24, 2.45) is 0 Å². The van der Waals surface area contributed by atoms with Crippen LogP contribution in [-0.2, 0) is 4.79 Å². The number of nitrogens with one attached hydrogen (secondary N) is 1. The first-order valence-corrected chi connectivity index (χ1v) is 6.23. The van der Waals surface area contributed by atoms with Crippen LogP contribution < -0.4 is 5.32 Å². The zero-order chi connectivity index (χ0) is 10.5. The average Bonchev–Trinajstić information content (AvgIpc) is 2.74. The zero-order valence-electron chi connectivity index (χ0n) is 8.61. The summed E-state index contributed by atoms with van der Waals surface area (Å²) in [5, 5.41) is 3.44. The van der Waals surface area contributed by atoms with Crippen LogP contribution in [0.15, 0.2) is 29.2 Å². The lowest BCUT2D eigenvalue weighted by Crippen LogP contribution is -1.94. The van der Waals surface area contributed by atoms with Crippen LogP contribution in [0.1, 0.15) is 25.7 Å². The van der Waals surface area contributed by atoms with Crippen molar-refractivity contribution in [1.29, 1.82) is 0 Å². The lowest BCUT2D eigenvalue weighted by atomic mass is 10.3. The molecule has 80 valence electrons. The van der Waals surface area contributed by atoms with Crippen molar-refractivity contribution in [3.63, 3.8) is 0 Å². The molecule has 0 heterocycles. The van der Waals surface area contributed by atoms with Gasteiger partial charge in [0.2, 0.25) is 6.41 Å².